The number of halogens is 1. The van der Waals surface area contributed by atoms with Crippen molar-refractivity contribution in [1.29, 1.82) is 0 Å². The molecule has 0 aromatic heterocycles. The molecule has 4 heteroatoms. The number of hydrogen-bond donors (Lipinski definition) is 0. The van der Waals surface area contributed by atoms with E-state index in [0.29, 0.717) is 23.0 Å². The first-order chi connectivity index (χ1) is 8.56. The largest absolute Gasteiger partial charge is 0.302 e. The van der Waals surface area contributed by atoms with E-state index in [4.69, 9.17) is 11.6 Å². The van der Waals surface area contributed by atoms with E-state index in [1.807, 2.05) is 23.9 Å². The van der Waals surface area contributed by atoms with Crippen LogP contribution in [-0.4, -0.2) is 42.3 Å². The number of thioether (sulfide) groups is 1. The molecule has 0 spiro atoms. The molecule has 0 saturated carbocycles. The molecule has 100 valence electrons. The highest BCUT2D eigenvalue weighted by Gasteiger charge is 2.13. The number of benzene rings is 1. The van der Waals surface area contributed by atoms with Crippen molar-refractivity contribution in [3.05, 3.63) is 34.9 Å². The van der Waals surface area contributed by atoms with Crippen molar-refractivity contribution in [2.45, 2.75) is 19.4 Å². The molecule has 18 heavy (non-hydrogen) atoms. The van der Waals surface area contributed by atoms with Gasteiger partial charge in [-0.15, -0.1) is 0 Å². The second kappa shape index (κ2) is 7.82. The van der Waals surface area contributed by atoms with Gasteiger partial charge in [0.1, 0.15) is 0 Å². The summed E-state index contributed by atoms with van der Waals surface area (Å²) >= 11 is 7.83. The van der Waals surface area contributed by atoms with Crippen molar-refractivity contribution in [2.75, 3.05) is 25.6 Å². The number of hydrogen-bond acceptors (Lipinski definition) is 3. The summed E-state index contributed by atoms with van der Waals surface area (Å²) in [5.74, 6) is 1.19. The van der Waals surface area contributed by atoms with Crippen LogP contribution in [0.2, 0.25) is 5.02 Å². The molecule has 0 heterocycles. The van der Waals surface area contributed by atoms with E-state index >= 15 is 0 Å². The summed E-state index contributed by atoms with van der Waals surface area (Å²) in [5.41, 5.74) is 0.630. The van der Waals surface area contributed by atoms with Crippen molar-refractivity contribution in [3.8, 4) is 0 Å². The summed E-state index contributed by atoms with van der Waals surface area (Å²) in [6, 6.07) is 7.72. The highest BCUT2D eigenvalue weighted by Crippen LogP contribution is 2.17. The third-order valence-corrected chi connectivity index (χ3v) is 4.17. The van der Waals surface area contributed by atoms with Crippen LogP contribution in [0.25, 0.3) is 0 Å². The molecule has 1 unspecified atom stereocenters. The van der Waals surface area contributed by atoms with Crippen LogP contribution in [0, 0.1) is 0 Å². The molecular formula is C14H20ClNOS. The maximum Gasteiger partial charge on any atom is 0.165 e. The minimum Gasteiger partial charge on any atom is -0.302 e. The topological polar surface area (TPSA) is 20.3 Å². The van der Waals surface area contributed by atoms with E-state index in [9.17, 15) is 4.79 Å². The molecule has 0 aliphatic heterocycles. The van der Waals surface area contributed by atoms with Crippen LogP contribution in [0.5, 0.6) is 0 Å². The lowest BCUT2D eigenvalue weighted by molar-refractivity contribution is 0.0964. The number of carbonyl (C=O) groups is 1. The summed E-state index contributed by atoms with van der Waals surface area (Å²) < 4.78 is 0. The minimum atomic E-state index is 0.115. The molecule has 1 aromatic carbocycles. The van der Waals surface area contributed by atoms with Crippen LogP contribution in [0.1, 0.15) is 23.7 Å². The lowest BCUT2D eigenvalue weighted by atomic mass is 10.1. The van der Waals surface area contributed by atoms with Gasteiger partial charge in [0.05, 0.1) is 5.02 Å². The fourth-order valence-electron chi connectivity index (χ4n) is 1.69. The molecule has 0 radical (unpaired) electrons. The van der Waals surface area contributed by atoms with Gasteiger partial charge in [-0.3, -0.25) is 4.79 Å². The lowest BCUT2D eigenvalue weighted by Gasteiger charge is -2.23. The molecule has 1 atom stereocenters. The quantitative estimate of drug-likeness (QED) is 0.714. The molecule has 0 saturated heterocycles. The van der Waals surface area contributed by atoms with Crippen LogP contribution in [0.4, 0.5) is 0 Å². The van der Waals surface area contributed by atoms with Crippen LogP contribution in [-0.2, 0) is 0 Å². The lowest BCUT2D eigenvalue weighted by Crippen LogP contribution is -2.32. The van der Waals surface area contributed by atoms with Crippen molar-refractivity contribution in [3.63, 3.8) is 0 Å². The Balaban J connectivity index is 2.49. The van der Waals surface area contributed by atoms with Crippen LogP contribution in [0.3, 0.4) is 0 Å². The normalized spacial score (nSPS) is 12.7. The smallest absolute Gasteiger partial charge is 0.165 e. The van der Waals surface area contributed by atoms with E-state index in [-0.39, 0.29) is 5.78 Å². The van der Waals surface area contributed by atoms with E-state index in [1.165, 1.54) is 0 Å². The predicted molar refractivity (Wildman–Crippen MR) is 80.9 cm³/mol. The van der Waals surface area contributed by atoms with E-state index in [2.05, 4.69) is 25.1 Å². The number of carbonyl (C=O) groups excluding carboxylic acids is 1. The number of ketones is 1. The maximum absolute atomic E-state index is 12.0. The van der Waals surface area contributed by atoms with Gasteiger partial charge < -0.3 is 4.90 Å². The Bertz CT molecular complexity index is 397. The Labute approximate surface area is 119 Å². The summed E-state index contributed by atoms with van der Waals surface area (Å²) in [7, 11) is 2.06. The standard InChI is InChI=1S/C14H20ClNOS/c1-11(10-18-3)16(2)9-8-14(17)12-6-4-5-7-13(12)15/h4-7,11H,8-10H2,1-3H3. The molecule has 1 rings (SSSR count). The van der Waals surface area contributed by atoms with Gasteiger partial charge in [0.25, 0.3) is 0 Å². The van der Waals surface area contributed by atoms with Gasteiger partial charge in [-0.05, 0) is 32.4 Å². The van der Waals surface area contributed by atoms with E-state index < -0.39 is 0 Å². The van der Waals surface area contributed by atoms with E-state index in [0.717, 1.165) is 12.3 Å². The van der Waals surface area contributed by atoms with Gasteiger partial charge >= 0.3 is 0 Å². The van der Waals surface area contributed by atoms with E-state index in [1.54, 1.807) is 12.1 Å². The second-order valence-corrected chi connectivity index (χ2v) is 5.76. The van der Waals surface area contributed by atoms with Crippen molar-refractivity contribution >= 4 is 29.1 Å². The fourth-order valence-corrected chi connectivity index (χ4v) is 2.67. The highest BCUT2D eigenvalue weighted by molar-refractivity contribution is 7.98. The SMILES string of the molecule is CSCC(C)N(C)CCC(=O)c1ccccc1Cl. The summed E-state index contributed by atoms with van der Waals surface area (Å²) in [4.78, 5) is 14.2. The van der Waals surface area contributed by atoms with Gasteiger partial charge in [0.15, 0.2) is 5.78 Å². The summed E-state index contributed by atoms with van der Waals surface area (Å²) in [5, 5.41) is 0.544. The number of nitrogens with zero attached hydrogens (tertiary/aromatic N) is 1. The Morgan fingerprint density at radius 2 is 2.11 bits per heavy atom. The second-order valence-electron chi connectivity index (χ2n) is 4.44. The molecule has 1 aromatic rings. The third kappa shape index (κ3) is 4.63. The van der Waals surface area contributed by atoms with Gasteiger partial charge in [-0.25, -0.2) is 0 Å². The summed E-state index contributed by atoms with van der Waals surface area (Å²) in [6.07, 6.45) is 2.61. The van der Waals surface area contributed by atoms with Gasteiger partial charge in [-0.1, -0.05) is 23.7 Å². The minimum absolute atomic E-state index is 0.115. The van der Waals surface area contributed by atoms with Crippen molar-refractivity contribution in [1.82, 2.24) is 4.90 Å². The third-order valence-electron chi connectivity index (χ3n) is 3.03. The average molecular weight is 286 g/mol. The van der Waals surface area contributed by atoms with Crippen LogP contribution >= 0.6 is 23.4 Å². The Morgan fingerprint density at radius 1 is 1.44 bits per heavy atom. The first-order valence-electron chi connectivity index (χ1n) is 6.03. The Morgan fingerprint density at radius 3 is 2.72 bits per heavy atom. The predicted octanol–water partition coefficient (Wildman–Crippen LogP) is 3.60. The zero-order chi connectivity index (χ0) is 13.5. The van der Waals surface area contributed by atoms with Gasteiger partial charge in [0.2, 0.25) is 0 Å². The Kier molecular flexibility index (Phi) is 6.76. The van der Waals surface area contributed by atoms with Crippen LogP contribution < -0.4 is 0 Å². The van der Waals surface area contributed by atoms with Gasteiger partial charge in [0, 0.05) is 30.3 Å². The number of rotatable bonds is 7. The van der Waals surface area contributed by atoms with Crippen LogP contribution in [0.15, 0.2) is 24.3 Å². The molecule has 2 nitrogen and oxygen atoms in total. The molecule has 0 bridgehead atoms. The first-order valence-corrected chi connectivity index (χ1v) is 7.80. The molecule has 0 aliphatic carbocycles. The Hall–Kier alpha value is -0.510. The first kappa shape index (κ1) is 15.5. The summed E-state index contributed by atoms with van der Waals surface area (Å²) in [6.45, 7) is 2.95. The maximum atomic E-state index is 12.0. The average Bonchev–Trinajstić information content (AvgIpc) is 2.36. The monoisotopic (exact) mass is 285 g/mol. The molecule has 0 amide bonds. The molecule has 0 fully saturated rings. The molecule has 0 N–H and O–H groups in total. The zero-order valence-corrected chi connectivity index (χ0v) is 12.7. The van der Waals surface area contributed by atoms with Crippen molar-refractivity contribution in [2.24, 2.45) is 0 Å². The van der Waals surface area contributed by atoms with Gasteiger partial charge in [-0.2, -0.15) is 11.8 Å². The molecular weight excluding hydrogens is 266 g/mol. The fraction of sp³-hybridized carbons (Fsp3) is 0.500. The number of Topliss-reactive ketones (excluding diaryl/α,β-unsaturated/α-hetero) is 1. The van der Waals surface area contributed by atoms with Crippen molar-refractivity contribution < 1.29 is 4.79 Å². The zero-order valence-electron chi connectivity index (χ0n) is 11.1. The molecule has 0 aliphatic rings. The highest BCUT2D eigenvalue weighted by atomic mass is 35.5.